The molecule has 0 radical (unpaired) electrons. The van der Waals surface area contributed by atoms with E-state index in [9.17, 15) is 13.2 Å². The fourth-order valence-electron chi connectivity index (χ4n) is 2.98. The minimum atomic E-state index is -3.67. The van der Waals surface area contributed by atoms with Gasteiger partial charge in [0.15, 0.2) is 0 Å². The Kier molecular flexibility index (Phi) is 7.01. The van der Waals surface area contributed by atoms with Crippen molar-refractivity contribution < 1.29 is 13.2 Å². The molecule has 0 atom stereocenters. The summed E-state index contributed by atoms with van der Waals surface area (Å²) >= 11 is 13.6. The fourth-order valence-corrected chi connectivity index (χ4v) is 5.85. The van der Waals surface area contributed by atoms with E-state index >= 15 is 0 Å². The zero-order valence-corrected chi connectivity index (χ0v) is 18.5. The first kappa shape index (κ1) is 21.5. The molecule has 0 saturated carbocycles. The summed E-state index contributed by atoms with van der Waals surface area (Å²) < 4.78 is 27.3. The topological polar surface area (TPSA) is 69.7 Å². The van der Waals surface area contributed by atoms with E-state index in [0.29, 0.717) is 55.4 Å². The summed E-state index contributed by atoms with van der Waals surface area (Å²) in [6.45, 7) is 4.88. The van der Waals surface area contributed by atoms with Crippen LogP contribution >= 0.6 is 34.5 Å². The zero-order valence-electron chi connectivity index (χ0n) is 15.3. The second-order valence-electron chi connectivity index (χ2n) is 6.55. The van der Waals surface area contributed by atoms with Crippen molar-refractivity contribution in [2.75, 3.05) is 39.3 Å². The molecule has 6 nitrogen and oxygen atoms in total. The molecule has 0 spiro atoms. The molecule has 152 valence electrons. The van der Waals surface area contributed by atoms with E-state index in [1.165, 1.54) is 27.8 Å². The number of amides is 1. The number of carbonyl (C=O) groups excluding carboxylic acids is 1. The van der Waals surface area contributed by atoms with Crippen molar-refractivity contribution in [3.63, 3.8) is 0 Å². The number of thiophene rings is 1. The van der Waals surface area contributed by atoms with E-state index in [1.54, 1.807) is 13.0 Å². The van der Waals surface area contributed by atoms with Crippen LogP contribution in [-0.4, -0.2) is 62.8 Å². The molecule has 2 heterocycles. The highest BCUT2D eigenvalue weighted by Gasteiger charge is 2.30. The summed E-state index contributed by atoms with van der Waals surface area (Å²) in [6, 6.07) is 4.78. The van der Waals surface area contributed by atoms with Crippen LogP contribution in [0, 0.1) is 6.92 Å². The van der Waals surface area contributed by atoms with Gasteiger partial charge in [-0.2, -0.15) is 15.6 Å². The van der Waals surface area contributed by atoms with Gasteiger partial charge in [-0.3, -0.25) is 9.69 Å². The Morgan fingerprint density at radius 3 is 2.54 bits per heavy atom. The number of benzene rings is 1. The average Bonchev–Trinajstić information content (AvgIpc) is 3.20. The number of hydrogen-bond acceptors (Lipinski definition) is 5. The molecule has 1 amide bonds. The first-order chi connectivity index (χ1) is 13.3. The molecular weight excluding hydrogens is 441 g/mol. The van der Waals surface area contributed by atoms with Gasteiger partial charge in [0, 0.05) is 55.2 Å². The van der Waals surface area contributed by atoms with Gasteiger partial charge in [-0.1, -0.05) is 23.2 Å². The number of halogens is 2. The normalized spacial score (nSPS) is 16.2. The van der Waals surface area contributed by atoms with Crippen LogP contribution in [-0.2, 0) is 10.0 Å². The van der Waals surface area contributed by atoms with Gasteiger partial charge in [-0.05, 0) is 36.1 Å². The molecule has 2 aromatic rings. The van der Waals surface area contributed by atoms with Crippen LogP contribution in [0.5, 0.6) is 0 Å². The molecule has 1 aromatic carbocycles. The van der Waals surface area contributed by atoms with Gasteiger partial charge < -0.3 is 5.32 Å². The van der Waals surface area contributed by atoms with Crippen LogP contribution in [0.2, 0.25) is 10.0 Å². The SMILES string of the molecule is Cc1cc(S(=O)(=O)N2CCN(CCNC(=O)c3ccsc3)CC2)c(Cl)cc1Cl. The van der Waals surface area contributed by atoms with Gasteiger partial charge >= 0.3 is 0 Å². The molecule has 0 bridgehead atoms. The standard InChI is InChI=1S/C18H21Cl2N3O3S2/c1-13-10-17(16(20)11-15(13)19)28(25,26)23-7-5-22(6-8-23)4-3-21-18(24)14-2-9-27-12-14/h2,9-12H,3-8H2,1H3,(H,21,24). The van der Waals surface area contributed by atoms with Crippen LogP contribution in [0.3, 0.4) is 0 Å². The largest absolute Gasteiger partial charge is 0.351 e. The Bertz CT molecular complexity index is 941. The van der Waals surface area contributed by atoms with Crippen molar-refractivity contribution in [3.8, 4) is 0 Å². The van der Waals surface area contributed by atoms with Gasteiger partial charge in [0.05, 0.1) is 5.02 Å². The van der Waals surface area contributed by atoms with Gasteiger partial charge in [-0.15, -0.1) is 0 Å². The smallest absolute Gasteiger partial charge is 0.252 e. The maximum absolute atomic E-state index is 12.9. The minimum Gasteiger partial charge on any atom is -0.351 e. The second-order valence-corrected chi connectivity index (χ2v) is 10.0. The van der Waals surface area contributed by atoms with E-state index in [4.69, 9.17) is 23.2 Å². The van der Waals surface area contributed by atoms with Crippen molar-refractivity contribution in [2.24, 2.45) is 0 Å². The number of nitrogens with zero attached hydrogens (tertiary/aromatic N) is 2. The lowest BCUT2D eigenvalue weighted by molar-refractivity contribution is 0.0945. The number of nitrogens with one attached hydrogen (secondary N) is 1. The number of hydrogen-bond donors (Lipinski definition) is 1. The quantitative estimate of drug-likeness (QED) is 0.717. The van der Waals surface area contributed by atoms with Crippen LogP contribution in [0.15, 0.2) is 33.9 Å². The van der Waals surface area contributed by atoms with Crippen LogP contribution in [0.1, 0.15) is 15.9 Å². The molecule has 28 heavy (non-hydrogen) atoms. The highest BCUT2D eigenvalue weighted by Crippen LogP contribution is 2.30. The Labute approximate surface area is 179 Å². The predicted octanol–water partition coefficient (Wildman–Crippen LogP) is 3.10. The maximum atomic E-state index is 12.9. The summed E-state index contributed by atoms with van der Waals surface area (Å²) in [5.41, 5.74) is 1.33. The maximum Gasteiger partial charge on any atom is 0.252 e. The second kappa shape index (κ2) is 9.11. The van der Waals surface area contributed by atoms with Crippen molar-refractivity contribution in [1.29, 1.82) is 0 Å². The molecule has 1 aromatic heterocycles. The van der Waals surface area contributed by atoms with Gasteiger partial charge in [-0.25, -0.2) is 8.42 Å². The summed E-state index contributed by atoms with van der Waals surface area (Å²) in [7, 11) is -3.67. The van der Waals surface area contributed by atoms with Gasteiger partial charge in [0.1, 0.15) is 4.90 Å². The van der Waals surface area contributed by atoms with Crippen LogP contribution in [0.4, 0.5) is 0 Å². The molecule has 0 aliphatic carbocycles. The Balaban J connectivity index is 1.53. The van der Waals surface area contributed by atoms with Crippen LogP contribution < -0.4 is 5.32 Å². The highest BCUT2D eigenvalue weighted by molar-refractivity contribution is 7.89. The molecule has 1 saturated heterocycles. The lowest BCUT2D eigenvalue weighted by Crippen LogP contribution is -2.50. The van der Waals surface area contributed by atoms with Crippen molar-refractivity contribution in [3.05, 3.63) is 50.1 Å². The number of rotatable bonds is 6. The minimum absolute atomic E-state index is 0.0878. The molecule has 1 N–H and O–H groups in total. The Morgan fingerprint density at radius 2 is 1.89 bits per heavy atom. The van der Waals surface area contributed by atoms with Crippen LogP contribution in [0.25, 0.3) is 0 Å². The van der Waals surface area contributed by atoms with E-state index < -0.39 is 10.0 Å². The molecule has 1 aliphatic rings. The molecule has 3 rings (SSSR count). The third-order valence-corrected chi connectivity index (χ3v) is 8.11. The zero-order chi connectivity index (χ0) is 20.3. The molecular formula is C18H21Cl2N3O3S2. The lowest BCUT2D eigenvalue weighted by Gasteiger charge is -2.34. The number of sulfonamides is 1. The summed E-state index contributed by atoms with van der Waals surface area (Å²) in [6.07, 6.45) is 0. The molecule has 1 fully saturated rings. The van der Waals surface area contributed by atoms with Gasteiger partial charge in [0.25, 0.3) is 5.91 Å². The van der Waals surface area contributed by atoms with Crippen molar-refractivity contribution in [1.82, 2.24) is 14.5 Å². The third kappa shape index (κ3) is 4.87. The number of aryl methyl sites for hydroxylation is 1. The summed E-state index contributed by atoms with van der Waals surface area (Å²) in [4.78, 5) is 14.2. The highest BCUT2D eigenvalue weighted by atomic mass is 35.5. The number of piperazine rings is 1. The Hall–Kier alpha value is -1.16. The predicted molar refractivity (Wildman–Crippen MR) is 113 cm³/mol. The molecule has 0 unspecified atom stereocenters. The van der Waals surface area contributed by atoms with E-state index in [-0.39, 0.29) is 15.8 Å². The van der Waals surface area contributed by atoms with E-state index in [2.05, 4.69) is 10.2 Å². The van der Waals surface area contributed by atoms with Crippen molar-refractivity contribution >= 4 is 50.5 Å². The van der Waals surface area contributed by atoms with Gasteiger partial charge in [0.2, 0.25) is 10.0 Å². The summed E-state index contributed by atoms with van der Waals surface area (Å²) in [5, 5.41) is 7.13. The Morgan fingerprint density at radius 1 is 1.18 bits per heavy atom. The first-order valence-electron chi connectivity index (χ1n) is 8.77. The average molecular weight is 462 g/mol. The third-order valence-electron chi connectivity index (χ3n) is 4.66. The molecule has 1 aliphatic heterocycles. The van der Waals surface area contributed by atoms with E-state index in [1.807, 2.05) is 10.8 Å². The monoisotopic (exact) mass is 461 g/mol. The first-order valence-corrected chi connectivity index (χ1v) is 11.9. The molecule has 10 heteroatoms. The number of carbonyl (C=O) groups is 1. The van der Waals surface area contributed by atoms with E-state index in [0.717, 1.165) is 0 Å². The summed E-state index contributed by atoms with van der Waals surface area (Å²) in [5.74, 6) is -0.0878. The van der Waals surface area contributed by atoms with Crippen molar-refractivity contribution in [2.45, 2.75) is 11.8 Å². The lowest BCUT2D eigenvalue weighted by atomic mass is 10.2. The fraction of sp³-hybridized carbons (Fsp3) is 0.389.